The summed E-state index contributed by atoms with van der Waals surface area (Å²) in [4.78, 5) is 23.9. The second kappa shape index (κ2) is 10.1. The minimum atomic E-state index is -0.645. The van der Waals surface area contributed by atoms with E-state index in [0.29, 0.717) is 12.2 Å². The Balaban J connectivity index is 1.80. The molecule has 0 aliphatic carbocycles. The van der Waals surface area contributed by atoms with E-state index in [2.05, 4.69) is 5.32 Å². The van der Waals surface area contributed by atoms with Crippen LogP contribution in [0.15, 0.2) is 24.3 Å². The Morgan fingerprint density at radius 2 is 1.78 bits per heavy atom. The van der Waals surface area contributed by atoms with Gasteiger partial charge in [0.25, 0.3) is 11.8 Å². The topological polar surface area (TPSA) is 118 Å². The summed E-state index contributed by atoms with van der Waals surface area (Å²) in [5, 5.41) is 2.89. The maximum atomic E-state index is 12.9. The molecule has 2 aromatic rings. The summed E-state index contributed by atoms with van der Waals surface area (Å²) >= 11 is 0. The molecule has 9 heteroatoms. The highest BCUT2D eigenvalue weighted by Gasteiger charge is 2.23. The molecule has 0 spiro atoms. The van der Waals surface area contributed by atoms with Crippen LogP contribution in [0, 0.1) is 0 Å². The van der Waals surface area contributed by atoms with Gasteiger partial charge in [0.15, 0.2) is 18.1 Å². The smallest absolute Gasteiger partial charge is 0.255 e. The minimum absolute atomic E-state index is 0.111. The van der Waals surface area contributed by atoms with E-state index in [4.69, 9.17) is 29.4 Å². The first kappa shape index (κ1) is 23.1. The average molecular weight is 444 g/mol. The molecule has 9 nitrogen and oxygen atoms in total. The second-order valence-electron chi connectivity index (χ2n) is 7.28. The van der Waals surface area contributed by atoms with Crippen molar-refractivity contribution in [1.82, 2.24) is 5.32 Å². The molecule has 0 aromatic heterocycles. The molecule has 3 N–H and O–H groups in total. The van der Waals surface area contributed by atoms with E-state index >= 15 is 0 Å². The van der Waals surface area contributed by atoms with Crippen molar-refractivity contribution in [1.29, 1.82) is 0 Å². The molecule has 2 aromatic carbocycles. The molecule has 172 valence electrons. The first-order valence-electron chi connectivity index (χ1n) is 10.3. The summed E-state index contributed by atoms with van der Waals surface area (Å²) < 4.78 is 27.6. The maximum absolute atomic E-state index is 12.9. The molecule has 0 radical (unpaired) electrons. The SMILES string of the molecule is CCOc1cc2c(cc1CNC(=O)c1cc(OC)c(OCC(N)=O)c(OC)c1)OC(C)C2. The molecule has 0 saturated carbocycles. The summed E-state index contributed by atoms with van der Waals surface area (Å²) in [6, 6.07) is 6.89. The Labute approximate surface area is 186 Å². The Hall–Kier alpha value is -3.62. The standard InChI is InChI=1S/C23H28N2O7/c1-5-30-17-7-14-6-13(2)32-18(14)10-16(17)11-25-23(27)15-8-19(28-3)22(20(9-15)29-4)31-12-21(24)26/h7-10,13H,5-6,11-12H2,1-4H3,(H2,24,26)(H,25,27). The Bertz CT molecular complexity index is 981. The molecule has 0 saturated heterocycles. The van der Waals surface area contributed by atoms with Gasteiger partial charge in [-0.15, -0.1) is 0 Å². The summed E-state index contributed by atoms with van der Waals surface area (Å²) in [7, 11) is 2.85. The molecule has 1 atom stereocenters. The van der Waals surface area contributed by atoms with Crippen LogP contribution in [0.5, 0.6) is 28.7 Å². The average Bonchev–Trinajstić information content (AvgIpc) is 3.13. The van der Waals surface area contributed by atoms with Gasteiger partial charge in [0.2, 0.25) is 5.75 Å². The fraction of sp³-hybridized carbons (Fsp3) is 0.391. The van der Waals surface area contributed by atoms with Gasteiger partial charge in [0.05, 0.1) is 20.8 Å². The predicted molar refractivity (Wildman–Crippen MR) is 117 cm³/mol. The van der Waals surface area contributed by atoms with Crippen molar-refractivity contribution in [3.63, 3.8) is 0 Å². The minimum Gasteiger partial charge on any atom is -0.494 e. The highest BCUT2D eigenvalue weighted by atomic mass is 16.5. The van der Waals surface area contributed by atoms with E-state index in [1.807, 2.05) is 26.0 Å². The van der Waals surface area contributed by atoms with Crippen LogP contribution in [0.2, 0.25) is 0 Å². The number of amides is 2. The fourth-order valence-corrected chi connectivity index (χ4v) is 3.48. The van der Waals surface area contributed by atoms with E-state index in [1.165, 1.54) is 26.4 Å². The van der Waals surface area contributed by atoms with E-state index in [9.17, 15) is 9.59 Å². The van der Waals surface area contributed by atoms with Crippen molar-refractivity contribution in [2.45, 2.75) is 32.9 Å². The number of hydrogen-bond donors (Lipinski definition) is 2. The van der Waals surface area contributed by atoms with Gasteiger partial charge in [0, 0.05) is 29.7 Å². The number of rotatable bonds is 10. The molecule has 0 fully saturated rings. The van der Waals surface area contributed by atoms with Gasteiger partial charge >= 0.3 is 0 Å². The Kier molecular flexibility index (Phi) is 7.29. The zero-order valence-electron chi connectivity index (χ0n) is 18.7. The van der Waals surface area contributed by atoms with Gasteiger partial charge < -0.3 is 34.7 Å². The van der Waals surface area contributed by atoms with E-state index in [-0.39, 0.29) is 42.4 Å². The molecule has 3 rings (SSSR count). The van der Waals surface area contributed by atoms with E-state index < -0.39 is 5.91 Å². The van der Waals surface area contributed by atoms with Crippen molar-refractivity contribution in [2.75, 3.05) is 27.4 Å². The van der Waals surface area contributed by atoms with Crippen LogP contribution in [-0.4, -0.2) is 45.4 Å². The number of hydrogen-bond acceptors (Lipinski definition) is 7. The molecular formula is C23H28N2O7. The molecular weight excluding hydrogens is 416 g/mol. The lowest BCUT2D eigenvalue weighted by Crippen LogP contribution is -2.24. The third kappa shape index (κ3) is 5.16. The largest absolute Gasteiger partial charge is 0.494 e. The van der Waals surface area contributed by atoms with Crippen molar-refractivity contribution < 1.29 is 33.3 Å². The van der Waals surface area contributed by atoms with Crippen LogP contribution in [-0.2, 0) is 17.8 Å². The third-order valence-electron chi connectivity index (χ3n) is 4.90. The van der Waals surface area contributed by atoms with Gasteiger partial charge in [-0.1, -0.05) is 0 Å². The Morgan fingerprint density at radius 3 is 2.38 bits per heavy atom. The van der Waals surface area contributed by atoms with Crippen molar-refractivity contribution >= 4 is 11.8 Å². The zero-order valence-corrected chi connectivity index (χ0v) is 18.7. The monoisotopic (exact) mass is 444 g/mol. The quantitative estimate of drug-likeness (QED) is 0.577. The van der Waals surface area contributed by atoms with Gasteiger partial charge in [-0.05, 0) is 38.1 Å². The fourth-order valence-electron chi connectivity index (χ4n) is 3.48. The molecule has 32 heavy (non-hydrogen) atoms. The molecule has 2 amide bonds. The van der Waals surface area contributed by atoms with Gasteiger partial charge in [-0.25, -0.2) is 0 Å². The van der Waals surface area contributed by atoms with Gasteiger partial charge in [-0.2, -0.15) is 0 Å². The number of nitrogens with two attached hydrogens (primary N) is 1. The highest BCUT2D eigenvalue weighted by molar-refractivity contribution is 5.95. The summed E-state index contributed by atoms with van der Waals surface area (Å²) in [5.41, 5.74) is 7.35. The number of carbonyl (C=O) groups is 2. The molecule has 1 aliphatic heterocycles. The van der Waals surface area contributed by atoms with Crippen molar-refractivity contribution in [3.8, 4) is 28.7 Å². The van der Waals surface area contributed by atoms with Crippen LogP contribution in [0.25, 0.3) is 0 Å². The maximum Gasteiger partial charge on any atom is 0.255 e. The summed E-state index contributed by atoms with van der Waals surface area (Å²) in [6.07, 6.45) is 0.936. The molecule has 1 unspecified atom stereocenters. The van der Waals surface area contributed by atoms with Crippen LogP contribution in [0.3, 0.4) is 0 Å². The van der Waals surface area contributed by atoms with Crippen LogP contribution >= 0.6 is 0 Å². The first-order valence-corrected chi connectivity index (χ1v) is 10.3. The van der Waals surface area contributed by atoms with E-state index in [1.54, 1.807) is 0 Å². The number of primary amides is 1. The number of fused-ring (bicyclic) bond motifs is 1. The summed E-state index contributed by atoms with van der Waals surface area (Å²) in [5.74, 6) is 1.21. The van der Waals surface area contributed by atoms with E-state index in [0.717, 1.165) is 29.0 Å². The second-order valence-corrected chi connectivity index (χ2v) is 7.28. The lowest BCUT2D eigenvalue weighted by molar-refractivity contribution is -0.120. The van der Waals surface area contributed by atoms with Crippen molar-refractivity contribution in [3.05, 3.63) is 41.0 Å². The van der Waals surface area contributed by atoms with Crippen LogP contribution in [0.1, 0.15) is 35.3 Å². The molecule has 1 heterocycles. The van der Waals surface area contributed by atoms with Crippen LogP contribution in [0.4, 0.5) is 0 Å². The van der Waals surface area contributed by atoms with Crippen molar-refractivity contribution in [2.24, 2.45) is 5.73 Å². The molecule has 0 bridgehead atoms. The number of benzene rings is 2. The van der Waals surface area contributed by atoms with Crippen LogP contribution < -0.4 is 34.7 Å². The number of methoxy groups -OCH3 is 2. The van der Waals surface area contributed by atoms with Gasteiger partial charge in [0.1, 0.15) is 17.6 Å². The number of ether oxygens (including phenoxy) is 5. The summed E-state index contributed by atoms with van der Waals surface area (Å²) in [6.45, 7) is 4.33. The molecule has 1 aliphatic rings. The Morgan fingerprint density at radius 1 is 1.09 bits per heavy atom. The normalized spacial score (nSPS) is 14.2. The first-order chi connectivity index (χ1) is 15.4. The highest BCUT2D eigenvalue weighted by Crippen LogP contribution is 2.39. The lowest BCUT2D eigenvalue weighted by Gasteiger charge is -2.16. The number of carbonyl (C=O) groups excluding carboxylic acids is 2. The zero-order chi connectivity index (χ0) is 23.3. The predicted octanol–water partition coefficient (Wildman–Crippen LogP) is 2.22. The number of nitrogens with one attached hydrogen (secondary N) is 1. The lowest BCUT2D eigenvalue weighted by atomic mass is 10.1. The van der Waals surface area contributed by atoms with Gasteiger partial charge in [-0.3, -0.25) is 9.59 Å². The third-order valence-corrected chi connectivity index (χ3v) is 4.90.